The van der Waals surface area contributed by atoms with E-state index in [9.17, 15) is 4.79 Å². The van der Waals surface area contributed by atoms with Crippen LogP contribution >= 0.6 is 0 Å². The van der Waals surface area contributed by atoms with Crippen LogP contribution in [0, 0.1) is 13.8 Å². The molecule has 1 heterocycles. The molecule has 0 aliphatic heterocycles. The van der Waals surface area contributed by atoms with E-state index in [1.54, 1.807) is 12.3 Å². The molecule has 18 heavy (non-hydrogen) atoms. The third kappa shape index (κ3) is 2.48. The van der Waals surface area contributed by atoms with Crippen LogP contribution in [-0.2, 0) is 0 Å². The Balaban J connectivity index is 2.25. The van der Waals surface area contributed by atoms with E-state index >= 15 is 0 Å². The van der Waals surface area contributed by atoms with E-state index in [1.165, 1.54) is 0 Å². The van der Waals surface area contributed by atoms with Gasteiger partial charge in [0.15, 0.2) is 0 Å². The van der Waals surface area contributed by atoms with Crippen LogP contribution < -0.4 is 11.1 Å². The van der Waals surface area contributed by atoms with E-state index in [0.29, 0.717) is 16.9 Å². The fraction of sp³-hybridized carbons (Fsp3) is 0.143. The van der Waals surface area contributed by atoms with Gasteiger partial charge in [0.05, 0.1) is 17.4 Å². The number of aryl methyl sites for hydroxylation is 2. The number of carbonyl (C=O) groups excluding carboxylic acids is 1. The maximum Gasteiger partial charge on any atom is 0.258 e. The van der Waals surface area contributed by atoms with Crippen molar-refractivity contribution in [1.29, 1.82) is 0 Å². The Hall–Kier alpha value is -2.36. The van der Waals surface area contributed by atoms with Crippen molar-refractivity contribution >= 4 is 17.3 Å². The second-order valence-electron chi connectivity index (χ2n) is 4.18. The van der Waals surface area contributed by atoms with Gasteiger partial charge in [0.2, 0.25) is 0 Å². The van der Waals surface area contributed by atoms with Crippen molar-refractivity contribution in [3.63, 3.8) is 0 Å². The normalized spacial score (nSPS) is 10.1. The Morgan fingerprint density at radius 2 is 2.00 bits per heavy atom. The average molecular weight is 241 g/mol. The first kappa shape index (κ1) is 12.1. The quantitative estimate of drug-likeness (QED) is 0.794. The van der Waals surface area contributed by atoms with Gasteiger partial charge in [-0.3, -0.25) is 9.78 Å². The number of benzene rings is 1. The fourth-order valence-electron chi connectivity index (χ4n) is 1.74. The van der Waals surface area contributed by atoms with E-state index in [-0.39, 0.29) is 5.91 Å². The zero-order valence-electron chi connectivity index (χ0n) is 10.4. The predicted molar refractivity (Wildman–Crippen MR) is 72.5 cm³/mol. The van der Waals surface area contributed by atoms with Crippen LogP contribution in [0.25, 0.3) is 0 Å². The molecule has 2 aromatic rings. The van der Waals surface area contributed by atoms with Crippen molar-refractivity contribution in [2.24, 2.45) is 0 Å². The first-order valence-corrected chi connectivity index (χ1v) is 5.67. The lowest BCUT2D eigenvalue weighted by molar-refractivity contribution is 0.102. The number of amides is 1. The number of pyridine rings is 1. The number of carbonyl (C=O) groups is 1. The van der Waals surface area contributed by atoms with Gasteiger partial charge >= 0.3 is 0 Å². The molecule has 0 atom stereocenters. The summed E-state index contributed by atoms with van der Waals surface area (Å²) in [5.41, 5.74) is 9.24. The summed E-state index contributed by atoms with van der Waals surface area (Å²) in [6, 6.07) is 9.06. The van der Waals surface area contributed by atoms with Crippen LogP contribution in [0.4, 0.5) is 11.4 Å². The number of hydrogen-bond donors (Lipinski definition) is 2. The van der Waals surface area contributed by atoms with Gasteiger partial charge in [-0.15, -0.1) is 0 Å². The summed E-state index contributed by atoms with van der Waals surface area (Å²) in [6.45, 7) is 3.75. The zero-order valence-corrected chi connectivity index (χ0v) is 10.4. The smallest absolute Gasteiger partial charge is 0.258 e. The maximum absolute atomic E-state index is 12.1. The van der Waals surface area contributed by atoms with Gasteiger partial charge in [-0.25, -0.2) is 0 Å². The SMILES string of the molecule is Cc1ccc(NC(=O)c2c(C)cccc2N)cn1. The molecule has 0 radical (unpaired) electrons. The van der Waals surface area contributed by atoms with Crippen LogP contribution in [0.2, 0.25) is 0 Å². The summed E-state index contributed by atoms with van der Waals surface area (Å²) in [5.74, 6) is -0.212. The molecule has 0 fully saturated rings. The summed E-state index contributed by atoms with van der Waals surface area (Å²) in [7, 11) is 0. The average Bonchev–Trinajstić information content (AvgIpc) is 2.32. The topological polar surface area (TPSA) is 68.0 Å². The molecule has 0 saturated heterocycles. The van der Waals surface area contributed by atoms with Gasteiger partial charge in [-0.1, -0.05) is 12.1 Å². The number of nitrogens with one attached hydrogen (secondary N) is 1. The summed E-state index contributed by atoms with van der Waals surface area (Å²) in [4.78, 5) is 16.2. The summed E-state index contributed by atoms with van der Waals surface area (Å²) in [6.07, 6.45) is 1.63. The Morgan fingerprint density at radius 1 is 1.22 bits per heavy atom. The van der Waals surface area contributed by atoms with Crippen LogP contribution in [0.5, 0.6) is 0 Å². The minimum atomic E-state index is -0.212. The van der Waals surface area contributed by atoms with Crippen LogP contribution in [0.1, 0.15) is 21.6 Å². The Morgan fingerprint density at radius 3 is 2.61 bits per heavy atom. The van der Waals surface area contributed by atoms with Crippen molar-refractivity contribution in [2.75, 3.05) is 11.1 Å². The molecule has 1 amide bonds. The monoisotopic (exact) mass is 241 g/mol. The second kappa shape index (κ2) is 4.87. The van der Waals surface area contributed by atoms with Crippen molar-refractivity contribution in [3.05, 3.63) is 53.3 Å². The van der Waals surface area contributed by atoms with Crippen molar-refractivity contribution < 1.29 is 4.79 Å². The lowest BCUT2D eigenvalue weighted by Crippen LogP contribution is -2.15. The molecule has 1 aromatic heterocycles. The van der Waals surface area contributed by atoms with Crippen LogP contribution in [0.15, 0.2) is 36.5 Å². The van der Waals surface area contributed by atoms with Crippen LogP contribution in [-0.4, -0.2) is 10.9 Å². The maximum atomic E-state index is 12.1. The number of aromatic nitrogens is 1. The Kier molecular flexibility index (Phi) is 3.28. The van der Waals surface area contributed by atoms with E-state index in [2.05, 4.69) is 10.3 Å². The molecule has 92 valence electrons. The number of anilines is 2. The summed E-state index contributed by atoms with van der Waals surface area (Å²) in [5, 5.41) is 2.79. The lowest BCUT2D eigenvalue weighted by atomic mass is 10.1. The summed E-state index contributed by atoms with van der Waals surface area (Å²) >= 11 is 0. The fourth-order valence-corrected chi connectivity index (χ4v) is 1.74. The molecule has 0 unspecified atom stereocenters. The Bertz CT molecular complexity index is 556. The minimum absolute atomic E-state index is 0.212. The molecule has 0 bridgehead atoms. The largest absolute Gasteiger partial charge is 0.398 e. The molecule has 3 N–H and O–H groups in total. The predicted octanol–water partition coefficient (Wildman–Crippen LogP) is 2.53. The number of rotatable bonds is 2. The van der Waals surface area contributed by atoms with Crippen molar-refractivity contribution in [1.82, 2.24) is 4.98 Å². The third-order valence-corrected chi connectivity index (χ3v) is 2.70. The molecule has 4 nitrogen and oxygen atoms in total. The molecule has 0 aliphatic rings. The Labute approximate surface area is 106 Å². The highest BCUT2D eigenvalue weighted by atomic mass is 16.1. The second-order valence-corrected chi connectivity index (χ2v) is 4.18. The number of nitrogens with two attached hydrogens (primary N) is 1. The lowest BCUT2D eigenvalue weighted by Gasteiger charge is -2.09. The van der Waals surface area contributed by atoms with E-state index in [4.69, 9.17) is 5.73 Å². The molecular formula is C14H15N3O. The minimum Gasteiger partial charge on any atom is -0.398 e. The van der Waals surface area contributed by atoms with Gasteiger partial charge in [-0.05, 0) is 37.6 Å². The van der Waals surface area contributed by atoms with Gasteiger partial charge in [0, 0.05) is 11.4 Å². The molecule has 2 rings (SSSR count). The van der Waals surface area contributed by atoms with Gasteiger partial charge in [0.1, 0.15) is 0 Å². The van der Waals surface area contributed by atoms with Crippen molar-refractivity contribution in [3.8, 4) is 0 Å². The number of hydrogen-bond acceptors (Lipinski definition) is 3. The highest BCUT2D eigenvalue weighted by Gasteiger charge is 2.12. The highest BCUT2D eigenvalue weighted by molar-refractivity contribution is 6.08. The highest BCUT2D eigenvalue weighted by Crippen LogP contribution is 2.18. The van der Waals surface area contributed by atoms with E-state index in [0.717, 1.165) is 11.3 Å². The standard InChI is InChI=1S/C14H15N3O/c1-9-4-3-5-12(15)13(9)14(18)17-11-7-6-10(2)16-8-11/h3-8H,15H2,1-2H3,(H,17,18). The van der Waals surface area contributed by atoms with Crippen molar-refractivity contribution in [2.45, 2.75) is 13.8 Å². The number of nitrogens with zero attached hydrogens (tertiary/aromatic N) is 1. The van der Waals surface area contributed by atoms with Crippen LogP contribution in [0.3, 0.4) is 0 Å². The summed E-state index contributed by atoms with van der Waals surface area (Å²) < 4.78 is 0. The molecule has 4 heteroatoms. The van der Waals surface area contributed by atoms with Gasteiger partial charge in [-0.2, -0.15) is 0 Å². The van der Waals surface area contributed by atoms with E-state index in [1.807, 2.05) is 38.1 Å². The third-order valence-electron chi connectivity index (χ3n) is 2.70. The van der Waals surface area contributed by atoms with Gasteiger partial charge < -0.3 is 11.1 Å². The number of nitrogen functional groups attached to an aromatic ring is 1. The first-order chi connectivity index (χ1) is 8.58. The molecular weight excluding hydrogens is 226 g/mol. The first-order valence-electron chi connectivity index (χ1n) is 5.67. The molecule has 0 spiro atoms. The van der Waals surface area contributed by atoms with E-state index < -0.39 is 0 Å². The molecule has 1 aromatic carbocycles. The zero-order chi connectivity index (χ0) is 13.1. The molecule has 0 aliphatic carbocycles. The molecule has 0 saturated carbocycles. The van der Waals surface area contributed by atoms with Gasteiger partial charge in [0.25, 0.3) is 5.91 Å².